The van der Waals surface area contributed by atoms with Crippen LogP contribution < -0.4 is 40.3 Å². The van der Waals surface area contributed by atoms with Gasteiger partial charge < -0.3 is 43.9 Å². The molecule has 356 valence electrons. The second-order valence-corrected chi connectivity index (χ2v) is 17.7. The fraction of sp³-hybridized carbons (Fsp3) is 0.347. The Morgan fingerprint density at radius 2 is 1.72 bits per heavy atom. The van der Waals surface area contributed by atoms with Crippen molar-refractivity contribution >= 4 is 35.2 Å². The lowest BCUT2D eigenvalue weighted by Crippen LogP contribution is -2.45. The molecule has 14 nitrogen and oxygen atoms in total. The molecule has 2 bridgehead atoms. The van der Waals surface area contributed by atoms with E-state index in [0.717, 1.165) is 36.8 Å². The van der Waals surface area contributed by atoms with Crippen molar-refractivity contribution in [3.05, 3.63) is 134 Å². The van der Waals surface area contributed by atoms with Gasteiger partial charge in [-0.2, -0.15) is 13.2 Å². The van der Waals surface area contributed by atoms with Gasteiger partial charge in [0.2, 0.25) is 0 Å². The number of methoxy groups -OCH3 is 2. The zero-order chi connectivity index (χ0) is 47.9. The average Bonchev–Trinajstić information content (AvgIpc) is 3.50. The summed E-state index contributed by atoms with van der Waals surface area (Å²) in [7, 11) is 3.10. The molecule has 1 atom stereocenters. The van der Waals surface area contributed by atoms with Crippen LogP contribution in [0, 0.1) is 18.2 Å². The van der Waals surface area contributed by atoms with Crippen molar-refractivity contribution in [1.82, 2.24) is 20.2 Å². The number of nitrogens with one attached hydrogen (secondary N) is 2. The molecule has 4 aliphatic heterocycles. The molecule has 6 heterocycles. The lowest BCUT2D eigenvalue weighted by Gasteiger charge is -2.45. The van der Waals surface area contributed by atoms with E-state index in [1.807, 2.05) is 24.3 Å². The molecular weight excluding hydrogens is 910 g/mol. The van der Waals surface area contributed by atoms with E-state index in [0.29, 0.717) is 23.7 Å². The van der Waals surface area contributed by atoms with Gasteiger partial charge in [-0.15, -0.1) is 0 Å². The van der Waals surface area contributed by atoms with Gasteiger partial charge in [0.15, 0.2) is 11.6 Å². The third kappa shape index (κ3) is 9.13. The van der Waals surface area contributed by atoms with Gasteiger partial charge in [0.1, 0.15) is 35.6 Å². The molecule has 0 spiro atoms. The molecule has 68 heavy (non-hydrogen) atoms. The molecule has 3 N–H and O–H groups in total. The second kappa shape index (κ2) is 18.7. The van der Waals surface area contributed by atoms with Gasteiger partial charge >= 0.3 is 18.2 Å². The molecule has 1 unspecified atom stereocenters. The van der Waals surface area contributed by atoms with Gasteiger partial charge in [0.25, 0.3) is 0 Å². The lowest BCUT2D eigenvalue weighted by atomic mass is 9.72. The minimum Gasteiger partial charge on any atom is -0.497 e. The maximum Gasteiger partial charge on any atom is 0.418 e. The third-order valence-electron chi connectivity index (χ3n) is 12.9. The highest BCUT2D eigenvalue weighted by atomic mass is 35.5. The average molecular weight is 958 g/mol. The molecule has 5 aliphatic rings. The number of nitrogens with zero attached hydrogens (tertiary/aromatic N) is 5. The van der Waals surface area contributed by atoms with Crippen LogP contribution in [0.15, 0.2) is 90.1 Å². The predicted octanol–water partition coefficient (Wildman–Crippen LogP) is 9.05. The summed E-state index contributed by atoms with van der Waals surface area (Å²) < 4.78 is 94.3. The Balaban J connectivity index is 1.23. The number of halogens is 5. The van der Waals surface area contributed by atoms with Crippen LogP contribution in [0.5, 0.6) is 17.2 Å². The lowest BCUT2D eigenvalue weighted by molar-refractivity contribution is -0.140. The van der Waals surface area contributed by atoms with Crippen molar-refractivity contribution < 1.29 is 51.1 Å². The number of alkyl halides is 3. The number of aromatic nitrogens is 2. The first-order valence-corrected chi connectivity index (χ1v) is 22.3. The van der Waals surface area contributed by atoms with Gasteiger partial charge in [-0.1, -0.05) is 41.9 Å². The largest absolute Gasteiger partial charge is 0.497 e. The molecule has 19 heteroatoms. The first-order chi connectivity index (χ1) is 32.6. The predicted molar refractivity (Wildman–Crippen MR) is 244 cm³/mol. The van der Waals surface area contributed by atoms with E-state index in [2.05, 4.69) is 25.6 Å². The van der Waals surface area contributed by atoms with E-state index in [-0.39, 0.29) is 77.4 Å². The van der Waals surface area contributed by atoms with Crippen molar-refractivity contribution in [3.63, 3.8) is 0 Å². The highest BCUT2D eigenvalue weighted by molar-refractivity contribution is 6.33. The molecule has 1 aliphatic carbocycles. The number of benzene rings is 3. The van der Waals surface area contributed by atoms with Crippen molar-refractivity contribution in [2.45, 2.75) is 70.9 Å². The summed E-state index contributed by atoms with van der Waals surface area (Å²) in [6.07, 6.45) is 0.104. The van der Waals surface area contributed by atoms with Gasteiger partial charge in [-0.3, -0.25) is 10.3 Å². The maximum atomic E-state index is 18.1. The highest BCUT2D eigenvalue weighted by Crippen LogP contribution is 2.46. The number of anilines is 2. The SMILES string of the molecule is COc1ccc(CN(Cc2ccc(OC)cc2)c2cc(C)c(C(F)(F)F)c(-c3c(F)c4c5c(c3Cl)=NCNC=5N(C(C)c3cccnc3NC(=O)O)C=C(OCC35CCC(CC3)OC5)O4)n2)cc1. The van der Waals surface area contributed by atoms with Crippen molar-refractivity contribution in [1.29, 1.82) is 0 Å². The summed E-state index contributed by atoms with van der Waals surface area (Å²) in [6.45, 7) is 3.89. The number of pyridine rings is 2. The summed E-state index contributed by atoms with van der Waals surface area (Å²) in [5.41, 5.74) is -1.20. The van der Waals surface area contributed by atoms with Crippen LogP contribution in [0.3, 0.4) is 0 Å². The minimum absolute atomic E-state index is 0.00239. The van der Waals surface area contributed by atoms with E-state index in [4.69, 9.17) is 35.3 Å². The normalized spacial score (nSPS) is 18.8. The Hall–Kier alpha value is -6.79. The van der Waals surface area contributed by atoms with E-state index in [9.17, 15) is 9.90 Å². The van der Waals surface area contributed by atoms with Gasteiger partial charge in [-0.25, -0.2) is 19.2 Å². The van der Waals surface area contributed by atoms with Crippen LogP contribution in [0.25, 0.3) is 17.1 Å². The summed E-state index contributed by atoms with van der Waals surface area (Å²) in [5, 5.41) is 14.7. The second-order valence-electron chi connectivity index (χ2n) is 17.3. The van der Waals surface area contributed by atoms with E-state index in [1.165, 1.54) is 25.4 Å². The summed E-state index contributed by atoms with van der Waals surface area (Å²) in [4.78, 5) is 28.8. The third-order valence-corrected chi connectivity index (χ3v) is 13.3. The monoisotopic (exact) mass is 957 g/mol. The van der Waals surface area contributed by atoms with Gasteiger partial charge in [0.05, 0.1) is 78.2 Å². The van der Waals surface area contributed by atoms with Crippen LogP contribution in [-0.2, 0) is 28.7 Å². The molecule has 1 amide bonds. The number of hydrogen-bond acceptors (Lipinski definition) is 12. The minimum atomic E-state index is -5.02. The van der Waals surface area contributed by atoms with E-state index < -0.39 is 51.7 Å². The summed E-state index contributed by atoms with van der Waals surface area (Å²) >= 11 is 7.19. The zero-order valence-electron chi connectivity index (χ0n) is 37.5. The Bertz CT molecular complexity index is 2830. The molecule has 0 radical (unpaired) electrons. The quantitative estimate of drug-likeness (QED) is 0.0911. The molecule has 10 rings (SSSR count). The number of aryl methyl sites for hydroxylation is 1. The fourth-order valence-electron chi connectivity index (χ4n) is 9.31. The number of ether oxygens (including phenoxy) is 5. The number of carbonyl (C=O) groups is 1. The molecule has 3 fully saturated rings. The van der Waals surface area contributed by atoms with Crippen LogP contribution in [0.1, 0.15) is 66.5 Å². The molecule has 1 saturated carbocycles. The number of amides is 1. The number of fused-ring (bicyclic) bond motifs is 3. The maximum absolute atomic E-state index is 18.1. The molecule has 3 aromatic carbocycles. The summed E-state index contributed by atoms with van der Waals surface area (Å²) in [5.74, 6) is -0.329. The fourth-order valence-corrected chi connectivity index (χ4v) is 9.64. The van der Waals surface area contributed by atoms with E-state index >= 15 is 17.6 Å². The van der Waals surface area contributed by atoms with Crippen LogP contribution >= 0.6 is 11.6 Å². The number of rotatable bonds is 14. The first-order valence-electron chi connectivity index (χ1n) is 22.0. The Labute approximate surface area is 393 Å². The van der Waals surface area contributed by atoms with Gasteiger partial charge in [-0.05, 0) is 92.6 Å². The number of carboxylic acid groups (broad SMARTS) is 1. The summed E-state index contributed by atoms with van der Waals surface area (Å²) in [6, 6.07) is 18.4. The first kappa shape index (κ1) is 46.3. The van der Waals surface area contributed by atoms with Crippen LogP contribution in [-0.4, -0.2) is 66.3 Å². The molecule has 2 aromatic heterocycles. The van der Waals surface area contributed by atoms with Crippen molar-refractivity contribution in [2.24, 2.45) is 10.4 Å². The van der Waals surface area contributed by atoms with Crippen LogP contribution in [0.4, 0.5) is 34.0 Å². The van der Waals surface area contributed by atoms with E-state index in [1.54, 1.807) is 67.3 Å². The zero-order valence-corrected chi connectivity index (χ0v) is 38.3. The van der Waals surface area contributed by atoms with Crippen molar-refractivity contribution in [3.8, 4) is 28.5 Å². The van der Waals surface area contributed by atoms with Gasteiger partial charge in [0, 0.05) is 30.3 Å². The standard InChI is InChI=1S/C49H48ClF4N7O7/c1-27-20-35(60(21-29-7-11-31(64-3)12-8-29)22-30-9-13-32(65-4)14-10-30)58-42(39(27)49(52,53)54)37-40(50)43-38-44(41(37)51)68-36(67-25-48-17-15-33(16-18-48)66-24-48)23-61(46(38)57-26-56-43)28(2)34-6-5-19-55-45(34)59-47(62)63/h5-14,19-20,23,28,33,57H,15-18,21-22,24-26H2,1-4H3,(H,55,59)(H,62,63). The van der Waals surface area contributed by atoms with Crippen LogP contribution in [0.2, 0.25) is 5.02 Å². The Kier molecular flexibility index (Phi) is 12.7. The molecular formula is C49H48ClF4N7O7. The van der Waals surface area contributed by atoms with Crippen molar-refractivity contribution in [2.75, 3.05) is 44.3 Å². The molecule has 2 saturated heterocycles. The highest BCUT2D eigenvalue weighted by Gasteiger charge is 2.44. The Morgan fingerprint density at radius 1 is 1.06 bits per heavy atom. The Morgan fingerprint density at radius 3 is 2.31 bits per heavy atom. The smallest absolute Gasteiger partial charge is 0.418 e. The topological polar surface area (TPSA) is 152 Å². The molecule has 5 aromatic rings. The number of hydrogen-bond donors (Lipinski definition) is 3.